The molecule has 0 bridgehead atoms. The molecule has 2 heteroatoms. The molecule has 0 radical (unpaired) electrons. The van der Waals surface area contributed by atoms with Gasteiger partial charge in [-0.15, -0.1) is 0 Å². The molecule has 0 N–H and O–H groups in total. The summed E-state index contributed by atoms with van der Waals surface area (Å²) in [5.74, 6) is -0.114. The third-order valence-electron chi connectivity index (χ3n) is 3.77. The van der Waals surface area contributed by atoms with Crippen molar-refractivity contribution in [2.24, 2.45) is 5.41 Å². The summed E-state index contributed by atoms with van der Waals surface area (Å²) in [5, 5.41) is 0. The average molecular weight is 373 g/mol. The molecule has 0 aliphatic heterocycles. The highest BCUT2D eigenvalue weighted by Crippen LogP contribution is 2.15. The van der Waals surface area contributed by atoms with E-state index in [1.165, 1.54) is 0 Å². The first-order valence-corrected chi connectivity index (χ1v) is 10.4. The summed E-state index contributed by atoms with van der Waals surface area (Å²) in [6, 6.07) is 0. The normalized spacial score (nSPS) is 13.2. The number of hydrogen-bond acceptors (Lipinski definition) is 2. The van der Waals surface area contributed by atoms with E-state index in [2.05, 4.69) is 67.7 Å². The first kappa shape index (κ1) is 25.2. The highest BCUT2D eigenvalue weighted by Gasteiger charge is 2.22. The molecule has 0 saturated heterocycles. The molecular weight excluding hydrogens is 332 g/mol. The van der Waals surface area contributed by atoms with E-state index in [1.54, 1.807) is 0 Å². The van der Waals surface area contributed by atoms with Crippen molar-refractivity contribution in [3.63, 3.8) is 0 Å². The Labute approximate surface area is 167 Å². The molecule has 0 aromatic carbocycles. The molecule has 0 heterocycles. The van der Waals surface area contributed by atoms with E-state index in [-0.39, 0.29) is 5.97 Å². The van der Waals surface area contributed by atoms with Gasteiger partial charge in [-0.25, -0.2) is 0 Å². The lowest BCUT2D eigenvalue weighted by molar-refractivity contribution is -0.153. The summed E-state index contributed by atoms with van der Waals surface area (Å²) in [6.07, 6.45) is 30.3. The first-order valence-electron chi connectivity index (χ1n) is 10.4. The van der Waals surface area contributed by atoms with Crippen molar-refractivity contribution in [2.75, 3.05) is 6.61 Å². The molecule has 0 amide bonds. The van der Waals surface area contributed by atoms with Crippen molar-refractivity contribution in [3.05, 3.63) is 60.8 Å². The summed E-state index contributed by atoms with van der Waals surface area (Å²) in [7, 11) is 0. The van der Waals surface area contributed by atoms with E-state index in [0.29, 0.717) is 6.61 Å². The lowest BCUT2D eigenvalue weighted by Gasteiger charge is -2.16. The Morgan fingerprint density at radius 2 is 1.15 bits per heavy atom. The Morgan fingerprint density at radius 1 is 0.704 bits per heavy atom. The number of ether oxygens (including phenoxy) is 1. The van der Waals surface area contributed by atoms with Gasteiger partial charge in [-0.05, 0) is 72.1 Å². The molecule has 0 aromatic rings. The molecular formula is C25H40O2. The van der Waals surface area contributed by atoms with Gasteiger partial charge in [-0.1, -0.05) is 67.7 Å². The predicted octanol–water partition coefficient (Wildman–Crippen LogP) is 7.50. The smallest absolute Gasteiger partial charge is 0.311 e. The number of esters is 1. The maximum Gasteiger partial charge on any atom is 0.311 e. The van der Waals surface area contributed by atoms with Crippen molar-refractivity contribution in [2.45, 2.75) is 79.1 Å². The second kappa shape index (κ2) is 17.6. The molecule has 0 spiro atoms. The van der Waals surface area contributed by atoms with Crippen molar-refractivity contribution in [1.82, 2.24) is 0 Å². The fourth-order valence-corrected chi connectivity index (χ4v) is 2.11. The number of carbonyl (C=O) groups is 1. The van der Waals surface area contributed by atoms with Crippen LogP contribution in [0.25, 0.3) is 0 Å². The zero-order chi connectivity index (χ0) is 20.2. The minimum absolute atomic E-state index is 0.114. The van der Waals surface area contributed by atoms with Gasteiger partial charge in [0, 0.05) is 0 Å². The average Bonchev–Trinajstić information content (AvgIpc) is 2.62. The standard InChI is InChI=1S/C25H40O2/c1-5-6-7-8-9-10-11-12-13-14-15-16-17-18-19-20-21-22-23-27-24(26)25(2,3)4/h6-7,9-10,12-13,15-16,18-19H,5,8,11,14,17,20-23H2,1-4H3. The second-order valence-electron chi connectivity index (χ2n) is 7.59. The molecule has 0 aromatic heterocycles. The minimum Gasteiger partial charge on any atom is -0.465 e. The fraction of sp³-hybridized carbons (Fsp3) is 0.560. The molecule has 27 heavy (non-hydrogen) atoms. The predicted molar refractivity (Wildman–Crippen MR) is 119 cm³/mol. The van der Waals surface area contributed by atoms with Crippen molar-refractivity contribution < 1.29 is 9.53 Å². The van der Waals surface area contributed by atoms with Gasteiger partial charge in [-0.3, -0.25) is 4.79 Å². The largest absolute Gasteiger partial charge is 0.465 e. The van der Waals surface area contributed by atoms with Crippen LogP contribution in [0.3, 0.4) is 0 Å². The van der Waals surface area contributed by atoms with Crippen LogP contribution >= 0.6 is 0 Å². The van der Waals surface area contributed by atoms with Crippen LogP contribution < -0.4 is 0 Å². The Morgan fingerprint density at radius 3 is 1.59 bits per heavy atom. The van der Waals surface area contributed by atoms with E-state index in [9.17, 15) is 4.79 Å². The summed E-state index contributed by atoms with van der Waals surface area (Å²) in [4.78, 5) is 11.6. The quantitative estimate of drug-likeness (QED) is 0.179. The summed E-state index contributed by atoms with van der Waals surface area (Å²) in [5.41, 5.74) is -0.399. The van der Waals surface area contributed by atoms with Crippen LogP contribution in [0.4, 0.5) is 0 Å². The maximum absolute atomic E-state index is 11.6. The monoisotopic (exact) mass is 372 g/mol. The molecule has 0 rings (SSSR count). The van der Waals surface area contributed by atoms with E-state index in [4.69, 9.17) is 4.74 Å². The Kier molecular flexibility index (Phi) is 16.4. The number of allylic oxidation sites excluding steroid dienone is 10. The van der Waals surface area contributed by atoms with Gasteiger partial charge in [0.15, 0.2) is 0 Å². The topological polar surface area (TPSA) is 26.3 Å². The lowest BCUT2D eigenvalue weighted by Crippen LogP contribution is -2.23. The Bertz CT molecular complexity index is 499. The third-order valence-corrected chi connectivity index (χ3v) is 3.77. The lowest BCUT2D eigenvalue weighted by atomic mass is 9.97. The van der Waals surface area contributed by atoms with E-state index in [1.807, 2.05) is 20.8 Å². The van der Waals surface area contributed by atoms with Crippen molar-refractivity contribution in [1.29, 1.82) is 0 Å². The van der Waals surface area contributed by atoms with Crippen LogP contribution in [0, 0.1) is 5.41 Å². The van der Waals surface area contributed by atoms with Gasteiger partial charge in [0.05, 0.1) is 12.0 Å². The maximum atomic E-state index is 11.6. The summed E-state index contributed by atoms with van der Waals surface area (Å²) in [6.45, 7) is 8.33. The number of carbonyl (C=O) groups excluding carboxylic acids is 1. The van der Waals surface area contributed by atoms with Crippen LogP contribution in [-0.4, -0.2) is 12.6 Å². The third kappa shape index (κ3) is 18.8. The van der Waals surface area contributed by atoms with Gasteiger partial charge in [0.25, 0.3) is 0 Å². The zero-order valence-electron chi connectivity index (χ0n) is 18.0. The van der Waals surface area contributed by atoms with Crippen molar-refractivity contribution in [3.8, 4) is 0 Å². The van der Waals surface area contributed by atoms with Gasteiger partial charge in [0.1, 0.15) is 0 Å². The SMILES string of the molecule is CCC=CCC=CCC=CCC=CCC=CCCCCOC(=O)C(C)(C)C. The van der Waals surface area contributed by atoms with E-state index >= 15 is 0 Å². The van der Waals surface area contributed by atoms with Crippen LogP contribution in [0.15, 0.2) is 60.8 Å². The molecule has 0 fully saturated rings. The van der Waals surface area contributed by atoms with Gasteiger partial charge in [0.2, 0.25) is 0 Å². The molecule has 0 atom stereocenters. The van der Waals surface area contributed by atoms with Crippen LogP contribution in [0.2, 0.25) is 0 Å². The van der Waals surface area contributed by atoms with E-state index < -0.39 is 5.41 Å². The van der Waals surface area contributed by atoms with E-state index in [0.717, 1.165) is 51.4 Å². The Hall–Kier alpha value is -1.83. The number of rotatable bonds is 14. The molecule has 2 nitrogen and oxygen atoms in total. The van der Waals surface area contributed by atoms with Crippen LogP contribution in [-0.2, 0) is 9.53 Å². The van der Waals surface area contributed by atoms with Gasteiger partial charge in [-0.2, -0.15) is 0 Å². The summed E-state index contributed by atoms with van der Waals surface area (Å²) < 4.78 is 5.25. The van der Waals surface area contributed by atoms with Crippen molar-refractivity contribution >= 4 is 5.97 Å². The molecule has 152 valence electrons. The molecule has 0 aliphatic carbocycles. The Balaban J connectivity index is 3.51. The number of hydrogen-bond donors (Lipinski definition) is 0. The highest BCUT2D eigenvalue weighted by molar-refractivity contribution is 5.75. The number of unbranched alkanes of at least 4 members (excludes halogenated alkanes) is 2. The molecule has 0 saturated carbocycles. The highest BCUT2D eigenvalue weighted by atomic mass is 16.5. The minimum atomic E-state index is -0.399. The second-order valence-corrected chi connectivity index (χ2v) is 7.59. The molecule has 0 unspecified atom stereocenters. The van der Waals surface area contributed by atoms with Crippen LogP contribution in [0.5, 0.6) is 0 Å². The zero-order valence-corrected chi connectivity index (χ0v) is 18.0. The van der Waals surface area contributed by atoms with Crippen LogP contribution in [0.1, 0.15) is 79.1 Å². The van der Waals surface area contributed by atoms with Gasteiger partial charge >= 0.3 is 5.97 Å². The summed E-state index contributed by atoms with van der Waals surface area (Å²) >= 11 is 0. The molecule has 0 aliphatic rings. The fourth-order valence-electron chi connectivity index (χ4n) is 2.11. The van der Waals surface area contributed by atoms with Gasteiger partial charge < -0.3 is 4.74 Å². The first-order chi connectivity index (χ1) is 13.0.